The SMILES string of the molecule is CCCC(C)c1cc(C)c(C(=O)Nc2ccccc2OC)c(=O)o1. The van der Waals surface area contributed by atoms with Crippen LogP contribution in [0.4, 0.5) is 5.69 Å². The van der Waals surface area contributed by atoms with Crippen LogP contribution >= 0.6 is 0 Å². The first-order valence-electron chi connectivity index (χ1n) is 8.06. The smallest absolute Gasteiger partial charge is 0.349 e. The fourth-order valence-corrected chi connectivity index (χ4v) is 2.66. The van der Waals surface area contributed by atoms with Crippen molar-refractivity contribution in [1.29, 1.82) is 0 Å². The van der Waals surface area contributed by atoms with E-state index in [9.17, 15) is 9.59 Å². The summed E-state index contributed by atoms with van der Waals surface area (Å²) < 4.78 is 10.6. The van der Waals surface area contributed by atoms with E-state index in [2.05, 4.69) is 12.2 Å². The van der Waals surface area contributed by atoms with E-state index in [1.54, 1.807) is 37.3 Å². The molecule has 0 saturated carbocycles. The maximum atomic E-state index is 12.5. The summed E-state index contributed by atoms with van der Waals surface area (Å²) in [5.41, 5.74) is 0.525. The number of aryl methyl sites for hydroxylation is 1. The summed E-state index contributed by atoms with van der Waals surface area (Å²) in [5.74, 6) is 0.794. The van der Waals surface area contributed by atoms with Crippen molar-refractivity contribution in [2.24, 2.45) is 0 Å². The zero-order valence-electron chi connectivity index (χ0n) is 14.5. The minimum atomic E-state index is -0.611. The van der Waals surface area contributed by atoms with Gasteiger partial charge in [0.15, 0.2) is 0 Å². The molecular weight excluding hydrogens is 306 g/mol. The Morgan fingerprint density at radius 2 is 2.04 bits per heavy atom. The first-order chi connectivity index (χ1) is 11.5. The zero-order chi connectivity index (χ0) is 17.7. The van der Waals surface area contributed by atoms with Crippen molar-refractivity contribution < 1.29 is 13.9 Å². The highest BCUT2D eigenvalue weighted by atomic mass is 16.5. The molecule has 1 aromatic heterocycles. The Hall–Kier alpha value is -2.56. The van der Waals surface area contributed by atoms with Gasteiger partial charge >= 0.3 is 5.63 Å². The highest BCUT2D eigenvalue weighted by Gasteiger charge is 2.19. The van der Waals surface area contributed by atoms with Crippen LogP contribution in [-0.2, 0) is 0 Å². The lowest BCUT2D eigenvalue weighted by Gasteiger charge is -2.13. The molecular formula is C19H23NO4. The monoisotopic (exact) mass is 329 g/mol. The molecule has 5 heteroatoms. The normalized spacial score (nSPS) is 11.8. The maximum absolute atomic E-state index is 12.5. The van der Waals surface area contributed by atoms with Gasteiger partial charge in [-0.25, -0.2) is 4.79 Å². The van der Waals surface area contributed by atoms with Crippen molar-refractivity contribution in [2.75, 3.05) is 12.4 Å². The Bertz CT molecular complexity index is 779. The first kappa shape index (κ1) is 17.8. The number of anilines is 1. The van der Waals surface area contributed by atoms with Crippen molar-refractivity contribution in [3.63, 3.8) is 0 Å². The summed E-state index contributed by atoms with van der Waals surface area (Å²) in [6, 6.07) is 8.81. The van der Waals surface area contributed by atoms with E-state index in [1.807, 2.05) is 6.92 Å². The van der Waals surface area contributed by atoms with Crippen LogP contribution in [0.15, 0.2) is 39.5 Å². The summed E-state index contributed by atoms with van der Waals surface area (Å²) in [6.07, 6.45) is 1.93. The van der Waals surface area contributed by atoms with Crippen LogP contribution in [0.25, 0.3) is 0 Å². The maximum Gasteiger partial charge on any atom is 0.349 e. The van der Waals surface area contributed by atoms with E-state index < -0.39 is 11.5 Å². The Morgan fingerprint density at radius 1 is 1.33 bits per heavy atom. The number of carbonyl (C=O) groups excluding carboxylic acids is 1. The first-order valence-corrected chi connectivity index (χ1v) is 8.06. The van der Waals surface area contributed by atoms with Crippen LogP contribution in [0.3, 0.4) is 0 Å². The Labute approximate surface area is 141 Å². The van der Waals surface area contributed by atoms with Crippen molar-refractivity contribution in [3.05, 3.63) is 57.6 Å². The molecule has 1 N–H and O–H groups in total. The largest absolute Gasteiger partial charge is 0.495 e. The minimum Gasteiger partial charge on any atom is -0.495 e. The summed E-state index contributed by atoms with van der Waals surface area (Å²) in [6.45, 7) is 5.84. The highest BCUT2D eigenvalue weighted by Crippen LogP contribution is 2.25. The fourth-order valence-electron chi connectivity index (χ4n) is 2.66. The van der Waals surface area contributed by atoms with Gasteiger partial charge in [-0.1, -0.05) is 32.4 Å². The van der Waals surface area contributed by atoms with Gasteiger partial charge in [0, 0.05) is 5.92 Å². The van der Waals surface area contributed by atoms with Crippen molar-refractivity contribution in [1.82, 2.24) is 0 Å². The van der Waals surface area contributed by atoms with Crippen LogP contribution in [0.1, 0.15) is 54.3 Å². The van der Waals surface area contributed by atoms with Crippen molar-refractivity contribution in [2.45, 2.75) is 39.5 Å². The average Bonchev–Trinajstić information content (AvgIpc) is 2.54. The third-order valence-electron chi connectivity index (χ3n) is 3.96. The second kappa shape index (κ2) is 7.81. The van der Waals surface area contributed by atoms with E-state index in [4.69, 9.17) is 9.15 Å². The third-order valence-corrected chi connectivity index (χ3v) is 3.96. The lowest BCUT2D eigenvalue weighted by atomic mass is 10.0. The molecule has 0 aliphatic carbocycles. The predicted octanol–water partition coefficient (Wildman–Crippen LogP) is 4.11. The van der Waals surface area contributed by atoms with Gasteiger partial charge in [-0.15, -0.1) is 0 Å². The highest BCUT2D eigenvalue weighted by molar-refractivity contribution is 6.05. The van der Waals surface area contributed by atoms with Crippen LogP contribution in [0.2, 0.25) is 0 Å². The third kappa shape index (κ3) is 3.85. The van der Waals surface area contributed by atoms with E-state index in [0.717, 1.165) is 12.8 Å². The van der Waals surface area contributed by atoms with Gasteiger partial charge in [0.25, 0.3) is 5.91 Å². The van der Waals surface area contributed by atoms with Crippen LogP contribution in [-0.4, -0.2) is 13.0 Å². The van der Waals surface area contributed by atoms with E-state index >= 15 is 0 Å². The molecule has 1 aromatic carbocycles. The zero-order valence-corrected chi connectivity index (χ0v) is 14.5. The number of amides is 1. The lowest BCUT2D eigenvalue weighted by Crippen LogP contribution is -2.23. The molecule has 2 rings (SSSR count). The molecule has 0 aliphatic rings. The standard InChI is InChI=1S/C19H23NO4/c1-5-8-12(2)16-11-13(3)17(19(22)24-16)18(21)20-14-9-6-7-10-15(14)23-4/h6-7,9-12H,5,8H2,1-4H3,(H,20,21). The Morgan fingerprint density at radius 3 is 2.67 bits per heavy atom. The molecule has 0 bridgehead atoms. The van der Waals surface area contributed by atoms with Crippen molar-refractivity contribution >= 4 is 11.6 Å². The topological polar surface area (TPSA) is 68.5 Å². The molecule has 1 unspecified atom stereocenters. The number of ether oxygens (including phenoxy) is 1. The number of methoxy groups -OCH3 is 1. The minimum absolute atomic E-state index is 0.0216. The Kier molecular flexibility index (Phi) is 5.79. The van der Waals surface area contributed by atoms with Gasteiger partial charge in [-0.2, -0.15) is 0 Å². The molecule has 5 nitrogen and oxygen atoms in total. The number of carbonyl (C=O) groups is 1. The molecule has 0 aliphatic heterocycles. The van der Waals surface area contributed by atoms with Crippen molar-refractivity contribution in [3.8, 4) is 5.75 Å². The van der Waals surface area contributed by atoms with Crippen LogP contribution in [0, 0.1) is 6.92 Å². The molecule has 0 spiro atoms. The molecule has 0 radical (unpaired) electrons. The summed E-state index contributed by atoms with van der Waals surface area (Å²) in [7, 11) is 1.52. The number of benzene rings is 1. The van der Waals surface area contributed by atoms with Gasteiger partial charge in [0.05, 0.1) is 12.8 Å². The predicted molar refractivity (Wildman–Crippen MR) is 94.0 cm³/mol. The molecule has 128 valence electrons. The molecule has 2 aromatic rings. The van der Waals surface area contributed by atoms with E-state index in [-0.39, 0.29) is 11.5 Å². The van der Waals surface area contributed by atoms with Gasteiger partial charge in [0.1, 0.15) is 17.1 Å². The quantitative estimate of drug-likeness (QED) is 0.866. The number of para-hydroxylation sites is 2. The molecule has 1 amide bonds. The molecule has 24 heavy (non-hydrogen) atoms. The Balaban J connectivity index is 2.31. The average molecular weight is 329 g/mol. The molecule has 0 fully saturated rings. The molecule has 1 heterocycles. The number of nitrogens with one attached hydrogen (secondary N) is 1. The van der Waals surface area contributed by atoms with Crippen LogP contribution in [0.5, 0.6) is 5.75 Å². The number of hydrogen-bond acceptors (Lipinski definition) is 4. The number of hydrogen-bond donors (Lipinski definition) is 1. The van der Waals surface area contributed by atoms with Gasteiger partial charge in [-0.3, -0.25) is 4.79 Å². The summed E-state index contributed by atoms with van der Waals surface area (Å²) in [4.78, 5) is 24.8. The fraction of sp³-hybridized carbons (Fsp3) is 0.368. The molecule has 0 saturated heterocycles. The second-order valence-electron chi connectivity index (χ2n) is 5.84. The summed E-state index contributed by atoms with van der Waals surface area (Å²) >= 11 is 0. The molecule has 1 atom stereocenters. The second-order valence-corrected chi connectivity index (χ2v) is 5.84. The van der Waals surface area contributed by atoms with Gasteiger partial charge in [-0.05, 0) is 37.1 Å². The van der Waals surface area contributed by atoms with E-state index in [0.29, 0.717) is 22.8 Å². The van der Waals surface area contributed by atoms with Crippen LogP contribution < -0.4 is 15.7 Å². The van der Waals surface area contributed by atoms with E-state index in [1.165, 1.54) is 7.11 Å². The lowest BCUT2D eigenvalue weighted by molar-refractivity contribution is 0.102. The van der Waals surface area contributed by atoms with Gasteiger partial charge < -0.3 is 14.5 Å². The summed E-state index contributed by atoms with van der Waals surface area (Å²) in [5, 5.41) is 2.71. The number of rotatable bonds is 6. The van der Waals surface area contributed by atoms with Gasteiger partial charge in [0.2, 0.25) is 0 Å².